The van der Waals surface area contributed by atoms with Gasteiger partial charge in [0.2, 0.25) is 0 Å². The molecule has 0 bridgehead atoms. The maximum absolute atomic E-state index is 3.81. The molecule has 1 aromatic heterocycles. The van der Waals surface area contributed by atoms with Gasteiger partial charge in [-0.15, -0.1) is 0 Å². The minimum Gasteiger partial charge on any atom is -0.247 e. The third kappa shape index (κ3) is 37.7. The van der Waals surface area contributed by atoms with Crippen LogP contribution >= 0.6 is 0 Å². The Kier molecular flexibility index (Phi) is 45.5. The zero-order valence-corrected chi connectivity index (χ0v) is 42.4. The van der Waals surface area contributed by atoms with Crippen LogP contribution in [0.25, 0.3) is 0 Å². The highest BCUT2D eigenvalue weighted by molar-refractivity contribution is 4.90. The van der Waals surface area contributed by atoms with Crippen molar-refractivity contribution >= 4 is 0 Å². The number of aromatic amines is 1. The van der Waals surface area contributed by atoms with E-state index >= 15 is 0 Å². The van der Waals surface area contributed by atoms with Gasteiger partial charge in [0.05, 0.1) is 12.0 Å². The minimum absolute atomic E-state index is 0.614. The second-order valence-electron chi connectivity index (χ2n) is 20.4. The Morgan fingerprint density at radius 1 is 0.317 bits per heavy atom. The molecule has 0 saturated heterocycles. The average Bonchev–Trinajstić information content (AvgIpc) is 3.75. The summed E-state index contributed by atoms with van der Waals surface area (Å²) in [6.45, 7) is 9.46. The lowest BCUT2D eigenvalue weighted by Gasteiger charge is -2.17. The molecular formula is C58H115N2+. The molecule has 356 valence electrons. The van der Waals surface area contributed by atoms with Gasteiger partial charge in [0.25, 0.3) is 5.82 Å². The number of imidazole rings is 1. The van der Waals surface area contributed by atoms with Crippen LogP contribution < -0.4 is 4.57 Å². The van der Waals surface area contributed by atoms with Gasteiger partial charge in [0.15, 0.2) is 0 Å². The van der Waals surface area contributed by atoms with Gasteiger partial charge in [0.1, 0.15) is 12.4 Å². The van der Waals surface area contributed by atoms with Crippen molar-refractivity contribution in [2.45, 2.75) is 354 Å². The van der Waals surface area contributed by atoms with Crippen molar-refractivity contribution in [3.63, 3.8) is 0 Å². The molecule has 0 aliphatic rings. The topological polar surface area (TPSA) is 19.7 Å². The normalized spacial score (nSPS) is 12.8. The van der Waals surface area contributed by atoms with E-state index in [2.05, 4.69) is 49.6 Å². The van der Waals surface area contributed by atoms with Crippen LogP contribution in [0.4, 0.5) is 0 Å². The van der Waals surface area contributed by atoms with Crippen LogP contribution in [0.2, 0.25) is 0 Å². The number of nitrogens with one attached hydrogen (secondary N) is 1. The van der Waals surface area contributed by atoms with Crippen LogP contribution in [0.1, 0.15) is 360 Å². The largest absolute Gasteiger partial charge is 0.257 e. The summed E-state index contributed by atoms with van der Waals surface area (Å²) >= 11 is 0. The summed E-state index contributed by atoms with van der Waals surface area (Å²) in [6.07, 6.45) is 75.5. The summed E-state index contributed by atoms with van der Waals surface area (Å²) in [4.78, 5) is 3.81. The highest BCUT2D eigenvalue weighted by Gasteiger charge is 2.25. The Bertz CT molecular complexity index is 920. The first-order chi connectivity index (χ1) is 29.7. The molecule has 0 fully saturated rings. The molecule has 0 spiro atoms. The smallest absolute Gasteiger partial charge is 0.247 e. The maximum atomic E-state index is 3.81. The number of unbranched alkanes of at least 4 members (excludes halogenated alkanes) is 43. The molecule has 0 aromatic carbocycles. The zero-order chi connectivity index (χ0) is 43.1. The van der Waals surface area contributed by atoms with Gasteiger partial charge < -0.3 is 0 Å². The molecule has 0 aliphatic carbocycles. The van der Waals surface area contributed by atoms with E-state index in [4.69, 9.17) is 0 Å². The molecule has 60 heavy (non-hydrogen) atoms. The van der Waals surface area contributed by atoms with E-state index in [-0.39, 0.29) is 0 Å². The average molecular weight is 841 g/mol. The summed E-state index contributed by atoms with van der Waals surface area (Å²) in [6, 6.07) is 0.614. The molecule has 2 nitrogen and oxygen atoms in total. The molecule has 0 amide bonds. The van der Waals surface area contributed by atoms with Crippen molar-refractivity contribution in [3.05, 3.63) is 18.2 Å². The van der Waals surface area contributed by atoms with Crippen molar-refractivity contribution < 1.29 is 4.57 Å². The second kappa shape index (κ2) is 47.7. The molecule has 1 aromatic rings. The van der Waals surface area contributed by atoms with Crippen LogP contribution in [0, 0.1) is 0 Å². The molecule has 0 saturated carbocycles. The molecule has 1 rings (SSSR count). The van der Waals surface area contributed by atoms with E-state index in [0.717, 1.165) is 0 Å². The third-order valence-electron chi connectivity index (χ3n) is 14.4. The summed E-state index contributed by atoms with van der Waals surface area (Å²) in [5, 5.41) is 0. The fourth-order valence-corrected chi connectivity index (χ4v) is 10.1. The lowest BCUT2D eigenvalue weighted by molar-refractivity contribution is -0.727. The van der Waals surface area contributed by atoms with Crippen molar-refractivity contribution in [2.24, 2.45) is 0 Å². The Morgan fingerprint density at radius 3 is 0.783 bits per heavy atom. The fourth-order valence-electron chi connectivity index (χ4n) is 10.1. The summed E-state index contributed by atoms with van der Waals surface area (Å²) in [5.41, 5.74) is 0. The number of nitrogens with zero attached hydrogens (tertiary/aromatic N) is 1. The zero-order valence-electron chi connectivity index (χ0n) is 42.4. The van der Waals surface area contributed by atoms with Crippen LogP contribution in [0.15, 0.2) is 12.4 Å². The van der Waals surface area contributed by atoms with Gasteiger partial charge in [-0.2, -0.15) is 0 Å². The Hall–Kier alpha value is -0.790. The van der Waals surface area contributed by atoms with E-state index in [1.807, 2.05) is 0 Å². The minimum atomic E-state index is 0.614. The molecular weight excluding hydrogens is 725 g/mol. The Morgan fingerprint density at radius 2 is 0.533 bits per heavy atom. The first kappa shape index (κ1) is 57.2. The number of rotatable bonds is 51. The maximum Gasteiger partial charge on any atom is 0.257 e. The second-order valence-corrected chi connectivity index (χ2v) is 20.4. The van der Waals surface area contributed by atoms with Gasteiger partial charge in [-0.05, 0) is 32.6 Å². The van der Waals surface area contributed by atoms with E-state index in [0.29, 0.717) is 12.0 Å². The number of hydrogen-bond donors (Lipinski definition) is 1. The van der Waals surface area contributed by atoms with E-state index in [1.165, 1.54) is 315 Å². The van der Waals surface area contributed by atoms with E-state index < -0.39 is 0 Å². The van der Waals surface area contributed by atoms with Crippen molar-refractivity contribution in [1.29, 1.82) is 0 Å². The lowest BCUT2D eigenvalue weighted by Crippen LogP contribution is -2.41. The van der Waals surface area contributed by atoms with Gasteiger partial charge in [-0.3, -0.25) is 0 Å². The van der Waals surface area contributed by atoms with Gasteiger partial charge in [0, 0.05) is 0 Å². The molecule has 1 N–H and O–H groups in total. The van der Waals surface area contributed by atoms with Crippen LogP contribution in [0.5, 0.6) is 0 Å². The molecule has 2 heteroatoms. The predicted molar refractivity (Wildman–Crippen MR) is 272 cm³/mol. The monoisotopic (exact) mass is 840 g/mol. The van der Waals surface area contributed by atoms with Gasteiger partial charge >= 0.3 is 0 Å². The summed E-state index contributed by atoms with van der Waals surface area (Å²) in [5.74, 6) is 2.26. The van der Waals surface area contributed by atoms with Crippen LogP contribution in [-0.4, -0.2) is 4.98 Å². The van der Waals surface area contributed by atoms with Crippen LogP contribution in [0.3, 0.4) is 0 Å². The van der Waals surface area contributed by atoms with Crippen molar-refractivity contribution in [2.75, 3.05) is 0 Å². The highest BCUT2D eigenvalue weighted by Crippen LogP contribution is 2.28. The van der Waals surface area contributed by atoms with Gasteiger partial charge in [-0.1, -0.05) is 310 Å². The summed E-state index contributed by atoms with van der Waals surface area (Å²) in [7, 11) is 0. The quantitative estimate of drug-likeness (QED) is 0.0498. The molecule has 0 radical (unpaired) electrons. The van der Waals surface area contributed by atoms with E-state index in [9.17, 15) is 0 Å². The van der Waals surface area contributed by atoms with E-state index in [1.54, 1.807) is 5.82 Å². The highest BCUT2D eigenvalue weighted by atomic mass is 15.1. The Balaban J connectivity index is 2.33. The number of hydrogen-bond acceptors (Lipinski definition) is 0. The molecule has 0 aliphatic heterocycles. The van der Waals surface area contributed by atoms with Crippen LogP contribution in [-0.2, 0) is 0 Å². The summed E-state index contributed by atoms with van der Waals surface area (Å²) < 4.78 is 2.67. The SMILES string of the molecule is CCCCCCCCCCCCCCCCCCCC(CCCCCCCCCCCCCCCCCC)c1[nH]cc[n+]1C(C)CCCCCCCCCCCCCCC. The third-order valence-corrected chi connectivity index (χ3v) is 14.4. The molecule has 1 heterocycles. The fraction of sp³-hybridized carbons (Fsp3) is 0.948. The number of H-pyrrole nitrogens is 1. The predicted octanol–water partition coefficient (Wildman–Crippen LogP) is 21.1. The number of aromatic nitrogens is 2. The first-order valence-electron chi connectivity index (χ1n) is 28.8. The standard InChI is InChI=1S/C58H114N2/c1-5-8-11-14-17-20-23-26-28-30-32-35-38-41-44-47-50-53-57(52-49-46-43-40-37-34-31-29-27-24-21-18-15-12-9-6-2)58-59-54-55-60(58)56(4)51-48-45-42-39-36-33-25-22-19-16-13-10-7-3/h54-57H,5-53H2,1-4H3/p+1. The van der Waals surface area contributed by atoms with Gasteiger partial charge in [-0.25, -0.2) is 9.55 Å². The first-order valence-corrected chi connectivity index (χ1v) is 28.8. The van der Waals surface area contributed by atoms with Crippen molar-refractivity contribution in [1.82, 2.24) is 4.98 Å². The van der Waals surface area contributed by atoms with Crippen molar-refractivity contribution in [3.8, 4) is 0 Å². The lowest BCUT2D eigenvalue weighted by atomic mass is 9.92. The molecule has 2 unspecified atom stereocenters. The Labute approximate surface area is 380 Å². The molecule has 2 atom stereocenters.